The number of hydrogen-bond donors (Lipinski definition) is 0. The van der Waals surface area contributed by atoms with Gasteiger partial charge in [-0.1, -0.05) is 138 Å². The molecule has 2 nitrogen and oxygen atoms in total. The highest BCUT2D eigenvalue weighted by atomic mass is 32.2. The number of sulfone groups is 1. The summed E-state index contributed by atoms with van der Waals surface area (Å²) in [5.41, 5.74) is 12.2. The molecule has 0 N–H and O–H groups in total. The summed E-state index contributed by atoms with van der Waals surface area (Å²) in [4.78, 5) is 0.688. The molecular formula is C41H34O2S. The molecule has 0 spiro atoms. The predicted molar refractivity (Wildman–Crippen MR) is 179 cm³/mol. The first-order valence-corrected chi connectivity index (χ1v) is 16.5. The highest BCUT2D eigenvalue weighted by molar-refractivity contribution is 7.91. The van der Waals surface area contributed by atoms with E-state index in [-0.39, 0.29) is 0 Å². The van der Waals surface area contributed by atoms with Gasteiger partial charge in [-0.15, -0.1) is 0 Å². The smallest absolute Gasteiger partial charge is 0.206 e. The molecule has 6 aromatic carbocycles. The van der Waals surface area contributed by atoms with Gasteiger partial charge < -0.3 is 0 Å². The van der Waals surface area contributed by atoms with Crippen molar-refractivity contribution in [1.82, 2.24) is 0 Å². The van der Waals surface area contributed by atoms with Gasteiger partial charge in [0.05, 0.1) is 15.2 Å². The van der Waals surface area contributed by atoms with E-state index in [1.165, 1.54) is 38.9 Å². The Hall–Kier alpha value is -4.73. The third-order valence-corrected chi connectivity index (χ3v) is 10.9. The van der Waals surface area contributed by atoms with Crippen molar-refractivity contribution in [2.24, 2.45) is 0 Å². The lowest BCUT2D eigenvalue weighted by Crippen LogP contribution is -2.28. The summed E-state index contributed by atoms with van der Waals surface area (Å²) in [6, 6.07) is 47.9. The minimum absolute atomic E-state index is 0.321. The number of rotatable bonds is 6. The molecule has 0 radical (unpaired) electrons. The van der Waals surface area contributed by atoms with E-state index in [0.717, 1.165) is 22.3 Å². The van der Waals surface area contributed by atoms with Crippen molar-refractivity contribution in [3.63, 3.8) is 0 Å². The van der Waals surface area contributed by atoms with Crippen molar-refractivity contribution < 1.29 is 8.42 Å². The lowest BCUT2D eigenvalue weighted by Gasteiger charge is -2.34. The average molecular weight is 591 g/mol. The third kappa shape index (κ3) is 4.51. The second kappa shape index (κ2) is 10.8. The fourth-order valence-corrected chi connectivity index (χ4v) is 8.34. The van der Waals surface area contributed by atoms with E-state index in [0.29, 0.717) is 16.2 Å². The molecule has 0 unspecified atom stereocenters. The second-order valence-corrected chi connectivity index (χ2v) is 13.9. The zero-order valence-electron chi connectivity index (χ0n) is 25.2. The number of hydrogen-bond acceptors (Lipinski definition) is 2. The van der Waals surface area contributed by atoms with Crippen molar-refractivity contribution in [2.45, 2.75) is 42.4 Å². The van der Waals surface area contributed by atoms with Crippen LogP contribution in [0.1, 0.15) is 50.1 Å². The SMILES string of the molecule is Cc1ccc(C2(c3ccc(Cc4cc(C)ccc4S(=O)(=O)c4ccc(C)cc4)cc3)c3ccccc3-c3ccccc32)cc1. The molecule has 0 aliphatic heterocycles. The van der Waals surface area contributed by atoms with Crippen LogP contribution in [-0.4, -0.2) is 8.42 Å². The van der Waals surface area contributed by atoms with Crippen molar-refractivity contribution in [3.05, 3.63) is 190 Å². The normalized spacial score (nSPS) is 13.3. The molecule has 1 aliphatic rings. The van der Waals surface area contributed by atoms with Crippen LogP contribution in [0.15, 0.2) is 149 Å². The lowest BCUT2D eigenvalue weighted by molar-refractivity contribution is 0.595. The van der Waals surface area contributed by atoms with Gasteiger partial charge in [0.25, 0.3) is 0 Å². The zero-order chi connectivity index (χ0) is 30.5. The summed E-state index contributed by atoms with van der Waals surface area (Å²) in [6.07, 6.45) is 0.521. The fourth-order valence-electron chi connectivity index (χ4n) is 6.87. The van der Waals surface area contributed by atoms with E-state index >= 15 is 0 Å². The van der Waals surface area contributed by atoms with Crippen LogP contribution in [0.5, 0.6) is 0 Å². The molecule has 0 saturated heterocycles. The van der Waals surface area contributed by atoms with Crippen LogP contribution in [0.3, 0.4) is 0 Å². The van der Waals surface area contributed by atoms with Crippen LogP contribution >= 0.6 is 0 Å². The summed E-state index contributed by atoms with van der Waals surface area (Å²) in [6.45, 7) is 6.10. The van der Waals surface area contributed by atoms with Crippen molar-refractivity contribution in [3.8, 4) is 11.1 Å². The van der Waals surface area contributed by atoms with Gasteiger partial charge in [-0.2, -0.15) is 0 Å². The molecule has 7 rings (SSSR count). The summed E-state index contributed by atoms with van der Waals surface area (Å²) in [5.74, 6) is 0. The standard InChI is InChI=1S/C41H34O2S/c1-28-12-19-33(20-13-28)41(38-10-6-4-8-36(38)37-9-5-7-11-39(37)41)34-21-17-31(18-22-34)27-32-26-30(3)16-25-40(32)44(42,43)35-23-14-29(2)15-24-35/h4-26H,27H2,1-3H3. The maximum Gasteiger partial charge on any atom is 0.206 e. The van der Waals surface area contributed by atoms with E-state index in [1.807, 2.05) is 38.1 Å². The summed E-state index contributed by atoms with van der Waals surface area (Å²) in [7, 11) is -3.66. The summed E-state index contributed by atoms with van der Waals surface area (Å²) >= 11 is 0. The number of benzene rings is 6. The van der Waals surface area contributed by atoms with E-state index in [9.17, 15) is 8.42 Å². The molecule has 0 heterocycles. The van der Waals surface area contributed by atoms with Gasteiger partial charge in [-0.3, -0.25) is 0 Å². The van der Waals surface area contributed by atoms with Crippen LogP contribution in [0.2, 0.25) is 0 Å². The van der Waals surface area contributed by atoms with Crippen molar-refractivity contribution in [1.29, 1.82) is 0 Å². The first-order chi connectivity index (χ1) is 21.3. The Morgan fingerprint density at radius 3 is 1.57 bits per heavy atom. The zero-order valence-corrected chi connectivity index (χ0v) is 26.0. The minimum Gasteiger partial charge on any atom is -0.219 e. The Morgan fingerprint density at radius 2 is 1.00 bits per heavy atom. The van der Waals surface area contributed by atoms with E-state index in [1.54, 1.807) is 18.2 Å². The molecule has 0 aromatic heterocycles. The fraction of sp³-hybridized carbons (Fsp3) is 0.122. The van der Waals surface area contributed by atoms with E-state index in [4.69, 9.17) is 0 Å². The minimum atomic E-state index is -3.66. The molecule has 0 bridgehead atoms. The van der Waals surface area contributed by atoms with Crippen LogP contribution < -0.4 is 0 Å². The number of aryl methyl sites for hydroxylation is 3. The average Bonchev–Trinajstić information content (AvgIpc) is 3.33. The molecule has 6 aromatic rings. The van der Waals surface area contributed by atoms with Crippen LogP contribution in [-0.2, 0) is 21.7 Å². The topological polar surface area (TPSA) is 34.1 Å². The van der Waals surface area contributed by atoms with Gasteiger partial charge in [-0.05, 0) is 89.9 Å². The Morgan fingerprint density at radius 1 is 0.523 bits per heavy atom. The molecule has 0 atom stereocenters. The Labute approximate surface area is 260 Å². The molecule has 1 aliphatic carbocycles. The first-order valence-electron chi connectivity index (χ1n) is 15.1. The molecular weight excluding hydrogens is 557 g/mol. The molecule has 216 valence electrons. The predicted octanol–water partition coefficient (Wildman–Crippen LogP) is 9.40. The highest BCUT2D eigenvalue weighted by Gasteiger charge is 2.45. The maximum absolute atomic E-state index is 13.8. The van der Waals surface area contributed by atoms with Crippen LogP contribution in [0.25, 0.3) is 11.1 Å². The quantitative estimate of drug-likeness (QED) is 0.193. The van der Waals surface area contributed by atoms with E-state index in [2.05, 4.69) is 104 Å². The van der Waals surface area contributed by atoms with Gasteiger partial charge >= 0.3 is 0 Å². The third-order valence-electron chi connectivity index (χ3n) is 9.06. The Bertz CT molecular complexity index is 2060. The maximum atomic E-state index is 13.8. The molecule has 0 fully saturated rings. The van der Waals surface area contributed by atoms with Gasteiger partial charge in [-0.25, -0.2) is 8.42 Å². The monoisotopic (exact) mass is 590 g/mol. The summed E-state index contributed by atoms with van der Waals surface area (Å²) < 4.78 is 27.5. The van der Waals surface area contributed by atoms with Gasteiger partial charge in [0, 0.05) is 0 Å². The summed E-state index contributed by atoms with van der Waals surface area (Å²) in [5, 5.41) is 0. The van der Waals surface area contributed by atoms with Crippen molar-refractivity contribution in [2.75, 3.05) is 0 Å². The van der Waals surface area contributed by atoms with Crippen molar-refractivity contribution >= 4 is 9.84 Å². The lowest BCUT2D eigenvalue weighted by atomic mass is 9.67. The Kier molecular flexibility index (Phi) is 6.87. The first kappa shape index (κ1) is 28.1. The van der Waals surface area contributed by atoms with Gasteiger partial charge in [0.15, 0.2) is 0 Å². The van der Waals surface area contributed by atoms with Crippen LogP contribution in [0, 0.1) is 20.8 Å². The second-order valence-electron chi connectivity index (χ2n) is 12.0. The van der Waals surface area contributed by atoms with Gasteiger partial charge in [0.1, 0.15) is 0 Å². The Balaban J connectivity index is 1.34. The molecule has 44 heavy (non-hydrogen) atoms. The largest absolute Gasteiger partial charge is 0.219 e. The highest BCUT2D eigenvalue weighted by Crippen LogP contribution is 2.56. The molecule has 3 heteroatoms. The molecule has 0 saturated carbocycles. The van der Waals surface area contributed by atoms with Crippen LogP contribution in [0.4, 0.5) is 0 Å². The number of fused-ring (bicyclic) bond motifs is 3. The van der Waals surface area contributed by atoms with E-state index < -0.39 is 15.3 Å². The molecule has 0 amide bonds. The van der Waals surface area contributed by atoms with Gasteiger partial charge in [0.2, 0.25) is 9.84 Å².